The molecule has 1 heterocycles. The van der Waals surface area contributed by atoms with Gasteiger partial charge in [-0.3, -0.25) is 0 Å². The summed E-state index contributed by atoms with van der Waals surface area (Å²) in [5, 5.41) is 3.79. The zero-order valence-electron chi connectivity index (χ0n) is 12.8. The lowest BCUT2D eigenvalue weighted by Gasteiger charge is -2.34. The van der Waals surface area contributed by atoms with Crippen LogP contribution in [0, 0.1) is 0 Å². The first-order valence-corrected chi connectivity index (χ1v) is 7.98. The topological polar surface area (TPSA) is 21.3 Å². The molecule has 1 saturated heterocycles. The number of nitrogens with one attached hydrogen (secondary N) is 1. The molecule has 1 N–H and O–H groups in total. The summed E-state index contributed by atoms with van der Waals surface area (Å²) in [6.07, 6.45) is 4.22. The van der Waals surface area contributed by atoms with E-state index < -0.39 is 0 Å². The second-order valence-corrected chi connectivity index (χ2v) is 5.74. The third-order valence-corrected chi connectivity index (χ3v) is 4.25. The minimum Gasteiger partial charge on any atom is -0.373 e. The average molecular weight is 293 g/mol. The molecule has 2 atom stereocenters. The molecule has 0 unspecified atom stereocenters. The van der Waals surface area contributed by atoms with Crippen molar-refractivity contribution in [2.45, 2.75) is 31.0 Å². The van der Waals surface area contributed by atoms with Gasteiger partial charge in [0.25, 0.3) is 0 Å². The van der Waals surface area contributed by atoms with E-state index in [-0.39, 0.29) is 12.1 Å². The lowest BCUT2D eigenvalue weighted by atomic mass is 9.95. The Morgan fingerprint density at radius 3 is 2.14 bits per heavy atom. The lowest BCUT2D eigenvalue weighted by molar-refractivity contribution is 0.0186. The summed E-state index contributed by atoms with van der Waals surface area (Å²) in [7, 11) is 0. The highest BCUT2D eigenvalue weighted by molar-refractivity contribution is 5.31. The van der Waals surface area contributed by atoms with Gasteiger partial charge in [-0.2, -0.15) is 0 Å². The Bertz CT molecular complexity index is 542. The van der Waals surface area contributed by atoms with Crippen molar-refractivity contribution in [3.8, 4) is 0 Å². The monoisotopic (exact) mass is 293 g/mol. The van der Waals surface area contributed by atoms with E-state index in [1.54, 1.807) is 0 Å². The number of rotatable bonds is 5. The second kappa shape index (κ2) is 7.39. The van der Waals surface area contributed by atoms with Crippen molar-refractivity contribution in [1.82, 2.24) is 5.32 Å². The first-order valence-electron chi connectivity index (χ1n) is 7.98. The summed E-state index contributed by atoms with van der Waals surface area (Å²) >= 11 is 0. The number of hydrogen-bond donors (Lipinski definition) is 1. The van der Waals surface area contributed by atoms with E-state index in [2.05, 4.69) is 72.6 Å². The molecule has 1 aliphatic heterocycles. The molecule has 0 aromatic heterocycles. The van der Waals surface area contributed by atoms with E-state index in [0.717, 1.165) is 19.4 Å². The van der Waals surface area contributed by atoms with Gasteiger partial charge in [0, 0.05) is 12.6 Å². The first kappa shape index (κ1) is 15.0. The summed E-state index contributed by atoms with van der Waals surface area (Å²) in [5.41, 5.74) is 2.56. The van der Waals surface area contributed by atoms with Crippen LogP contribution in [0.1, 0.15) is 30.0 Å². The zero-order valence-corrected chi connectivity index (χ0v) is 12.8. The Morgan fingerprint density at radius 2 is 1.59 bits per heavy atom. The van der Waals surface area contributed by atoms with Gasteiger partial charge in [-0.1, -0.05) is 66.7 Å². The summed E-state index contributed by atoms with van der Waals surface area (Å²) in [6, 6.07) is 21.7. The van der Waals surface area contributed by atoms with Gasteiger partial charge in [-0.15, -0.1) is 6.58 Å². The Labute approximate surface area is 132 Å². The summed E-state index contributed by atoms with van der Waals surface area (Å²) < 4.78 is 5.83. The third-order valence-electron chi connectivity index (χ3n) is 4.25. The highest BCUT2D eigenvalue weighted by atomic mass is 16.5. The van der Waals surface area contributed by atoms with Gasteiger partial charge in [-0.25, -0.2) is 0 Å². The van der Waals surface area contributed by atoms with Gasteiger partial charge in [0.15, 0.2) is 0 Å². The van der Waals surface area contributed by atoms with Crippen LogP contribution in [0.3, 0.4) is 0 Å². The molecule has 3 rings (SSSR count). The Hall–Kier alpha value is -1.90. The van der Waals surface area contributed by atoms with Crippen LogP contribution in [0.15, 0.2) is 73.3 Å². The number of ether oxygens (including phenoxy) is 1. The van der Waals surface area contributed by atoms with Crippen LogP contribution in [-0.2, 0) is 4.74 Å². The fourth-order valence-corrected chi connectivity index (χ4v) is 3.10. The lowest BCUT2D eigenvalue weighted by Crippen LogP contribution is -2.45. The average Bonchev–Trinajstić information content (AvgIpc) is 2.61. The van der Waals surface area contributed by atoms with Gasteiger partial charge < -0.3 is 10.1 Å². The van der Waals surface area contributed by atoms with Crippen LogP contribution in [0.2, 0.25) is 0 Å². The molecule has 22 heavy (non-hydrogen) atoms. The molecular weight excluding hydrogens is 270 g/mol. The molecule has 0 amide bonds. The van der Waals surface area contributed by atoms with Crippen molar-refractivity contribution in [1.29, 1.82) is 0 Å². The van der Waals surface area contributed by atoms with Crippen LogP contribution in [-0.4, -0.2) is 18.8 Å². The first-order chi connectivity index (χ1) is 10.9. The predicted molar refractivity (Wildman–Crippen MR) is 90.8 cm³/mol. The van der Waals surface area contributed by atoms with Gasteiger partial charge >= 0.3 is 0 Å². The normalized spacial score (nSPS) is 21.7. The predicted octanol–water partition coefficient (Wildman–Crippen LogP) is 4.10. The fourth-order valence-electron chi connectivity index (χ4n) is 3.10. The summed E-state index contributed by atoms with van der Waals surface area (Å²) in [6.45, 7) is 4.75. The van der Waals surface area contributed by atoms with Crippen LogP contribution >= 0.6 is 0 Å². The van der Waals surface area contributed by atoms with Crippen LogP contribution < -0.4 is 5.32 Å². The van der Waals surface area contributed by atoms with Crippen molar-refractivity contribution in [2.75, 3.05) is 6.61 Å². The minimum atomic E-state index is 0.0867. The zero-order chi connectivity index (χ0) is 15.2. The Kier molecular flexibility index (Phi) is 5.04. The maximum Gasteiger partial charge on any atom is 0.0906 e. The van der Waals surface area contributed by atoms with Crippen molar-refractivity contribution >= 4 is 0 Å². The molecular formula is C20H23NO. The highest BCUT2D eigenvalue weighted by Gasteiger charge is 2.26. The van der Waals surface area contributed by atoms with Crippen LogP contribution in [0.4, 0.5) is 0 Å². The van der Waals surface area contributed by atoms with E-state index in [4.69, 9.17) is 4.74 Å². The highest BCUT2D eigenvalue weighted by Crippen LogP contribution is 2.25. The third kappa shape index (κ3) is 3.46. The van der Waals surface area contributed by atoms with Gasteiger partial charge in [-0.05, 0) is 24.0 Å². The smallest absolute Gasteiger partial charge is 0.0906 e. The molecule has 1 aliphatic rings. The maximum absolute atomic E-state index is 5.83. The van der Waals surface area contributed by atoms with Gasteiger partial charge in [0.1, 0.15) is 0 Å². The van der Waals surface area contributed by atoms with E-state index in [0.29, 0.717) is 6.04 Å². The molecule has 0 radical (unpaired) electrons. The van der Waals surface area contributed by atoms with Crippen LogP contribution in [0.25, 0.3) is 0 Å². The Balaban J connectivity index is 1.87. The fraction of sp³-hybridized carbons (Fsp3) is 0.300. The standard InChI is InChI=1S/C20H23NO/c1-2-19-18(14-9-15-22-19)21-20(16-10-5-3-6-11-16)17-12-7-4-8-13-17/h2-8,10-13,18-21H,1,9,14-15H2/t18-,19+/m1/s1. The number of hydrogen-bond acceptors (Lipinski definition) is 2. The molecule has 2 aromatic carbocycles. The van der Waals surface area contributed by atoms with E-state index in [1.165, 1.54) is 11.1 Å². The van der Waals surface area contributed by atoms with Crippen molar-refractivity contribution in [2.24, 2.45) is 0 Å². The molecule has 0 aliphatic carbocycles. The summed E-state index contributed by atoms with van der Waals surface area (Å²) in [5.74, 6) is 0. The van der Waals surface area contributed by atoms with Gasteiger partial charge in [0.2, 0.25) is 0 Å². The van der Waals surface area contributed by atoms with Crippen molar-refractivity contribution < 1.29 is 4.74 Å². The minimum absolute atomic E-state index is 0.0867. The second-order valence-electron chi connectivity index (χ2n) is 5.74. The largest absolute Gasteiger partial charge is 0.373 e. The molecule has 0 spiro atoms. The van der Waals surface area contributed by atoms with E-state index >= 15 is 0 Å². The molecule has 2 aromatic rings. The molecule has 0 bridgehead atoms. The Morgan fingerprint density at radius 1 is 1.00 bits per heavy atom. The molecule has 114 valence electrons. The molecule has 2 heteroatoms. The molecule has 0 saturated carbocycles. The number of benzene rings is 2. The molecule has 2 nitrogen and oxygen atoms in total. The van der Waals surface area contributed by atoms with E-state index in [9.17, 15) is 0 Å². The SMILES string of the molecule is C=C[C@@H]1OCCC[C@H]1NC(c1ccccc1)c1ccccc1. The van der Waals surface area contributed by atoms with Crippen molar-refractivity contribution in [3.05, 3.63) is 84.4 Å². The molecule has 1 fully saturated rings. The van der Waals surface area contributed by atoms with Crippen LogP contribution in [0.5, 0.6) is 0 Å². The van der Waals surface area contributed by atoms with Crippen molar-refractivity contribution in [3.63, 3.8) is 0 Å². The quantitative estimate of drug-likeness (QED) is 0.838. The maximum atomic E-state index is 5.83. The van der Waals surface area contributed by atoms with Gasteiger partial charge in [0.05, 0.1) is 12.1 Å². The van der Waals surface area contributed by atoms with E-state index in [1.807, 2.05) is 6.08 Å². The summed E-state index contributed by atoms with van der Waals surface area (Å²) in [4.78, 5) is 0.